The van der Waals surface area contributed by atoms with Crippen LogP contribution in [0.5, 0.6) is 0 Å². The van der Waals surface area contributed by atoms with Gasteiger partial charge in [0.05, 0.1) is 29.7 Å². The minimum atomic E-state index is -2.36. The average Bonchev–Trinajstić information content (AvgIpc) is 3.19. The van der Waals surface area contributed by atoms with Crippen LogP contribution in [0.4, 0.5) is 4.39 Å². The van der Waals surface area contributed by atoms with Crippen molar-refractivity contribution in [3.63, 3.8) is 0 Å². The van der Waals surface area contributed by atoms with E-state index in [1.807, 2.05) is 0 Å². The largest absolute Gasteiger partial charge is 0.456 e. The van der Waals surface area contributed by atoms with E-state index in [1.54, 1.807) is 78.9 Å². The topological polar surface area (TPSA) is 189 Å². The molecule has 12 nitrogen and oxygen atoms in total. The number of esters is 2. The van der Waals surface area contributed by atoms with Gasteiger partial charge in [0.2, 0.25) is 0 Å². The van der Waals surface area contributed by atoms with Crippen molar-refractivity contribution in [2.75, 3.05) is 6.61 Å². The summed E-state index contributed by atoms with van der Waals surface area (Å²) in [5.74, 6) is -5.39. The van der Waals surface area contributed by atoms with Gasteiger partial charge in [-0.15, -0.1) is 0 Å². The Kier molecular flexibility index (Phi) is 14.5. The predicted octanol–water partition coefficient (Wildman–Crippen LogP) is 3.57. The minimum absolute atomic E-state index is 0. The number of halogens is 1. The summed E-state index contributed by atoms with van der Waals surface area (Å²) in [6, 6.07) is 23.0. The molecule has 15 heteroatoms. The predicted molar refractivity (Wildman–Crippen MR) is 197 cm³/mol. The summed E-state index contributed by atoms with van der Waals surface area (Å²) < 4.78 is 34.3. The van der Waals surface area contributed by atoms with Crippen LogP contribution in [0.15, 0.2) is 102 Å². The van der Waals surface area contributed by atoms with E-state index in [9.17, 15) is 39.6 Å². The molecule has 3 fully saturated rings. The molecule has 1 aliphatic heterocycles. The van der Waals surface area contributed by atoms with Crippen LogP contribution in [0.2, 0.25) is 0 Å². The van der Waals surface area contributed by atoms with E-state index in [0.717, 1.165) is 0 Å². The number of hydrogen-bond acceptors (Lipinski definition) is 11. The van der Waals surface area contributed by atoms with Crippen LogP contribution in [0.3, 0.4) is 0 Å². The number of aliphatic hydroxyl groups is 4. The summed E-state index contributed by atoms with van der Waals surface area (Å²) in [7, 11) is 0. The quantitative estimate of drug-likeness (QED) is 0.164. The molecule has 3 aromatic carbocycles. The first kappa shape index (κ1) is 47.1. The van der Waals surface area contributed by atoms with Gasteiger partial charge in [0, 0.05) is 118 Å². The van der Waals surface area contributed by atoms with E-state index in [0.29, 0.717) is 5.56 Å². The van der Waals surface area contributed by atoms with Crippen molar-refractivity contribution in [3.8, 4) is 0 Å². The Hall–Kier alpha value is -1.91. The van der Waals surface area contributed by atoms with Crippen molar-refractivity contribution in [1.29, 1.82) is 0 Å². The number of benzene rings is 3. The van der Waals surface area contributed by atoms with Crippen LogP contribution in [0, 0.1) is 105 Å². The van der Waals surface area contributed by atoms with Gasteiger partial charge in [-0.2, -0.15) is 0 Å². The Labute approximate surface area is 407 Å². The molecule has 302 valence electrons. The molecule has 2 bridgehead atoms. The van der Waals surface area contributed by atoms with Gasteiger partial charge in [-0.25, -0.2) is 14.0 Å². The van der Waals surface area contributed by atoms with Crippen LogP contribution in [-0.4, -0.2) is 98.6 Å². The third-order valence-corrected chi connectivity index (χ3v) is 12.9. The first-order valence-corrected chi connectivity index (χ1v) is 18.7. The van der Waals surface area contributed by atoms with Crippen molar-refractivity contribution in [3.05, 3.63) is 119 Å². The second kappa shape index (κ2) is 17.8. The third kappa shape index (κ3) is 7.77. The average molecular weight is 1230 g/mol. The first-order valence-electron chi connectivity index (χ1n) is 18.7. The standard InChI is InChI=1S/C43H46FNO11.2Ac/c1-23-27(55-39(51)33(47)31(24-14-8-5-9-15-24)45-37(49)25-16-10-6-11-17-25)21-43(53)36(56-38(50)26-18-12-7-13-19-26)34-41(4,28(44)20-29-42(34,52)22-54-29)35(48)32(46)30(23)40(43,2)3;;/h5-19,27-29,31-34,36,46-47,52-53H,20-22H2,1-4H3,(H,45,49);;/t27?,28?,29?,31?,32?,33?,34?,36?,41-,42+,43?;;/m1../s1. The number of carbonyl (C=O) groups is 4. The zero-order chi connectivity index (χ0) is 40.4. The molecule has 1 amide bonds. The first-order chi connectivity index (χ1) is 26.5. The number of Topliss-reactive ketones (excluding diaryl/α,β-unsaturated/α-hetero) is 1. The zero-order valence-electron chi connectivity index (χ0n) is 32.6. The molecular formula is C43H46Ac2FNO11. The maximum absolute atomic E-state index is 16.6. The number of alkyl halides is 1. The summed E-state index contributed by atoms with van der Waals surface area (Å²) in [5, 5.41) is 51.8. The van der Waals surface area contributed by atoms with Gasteiger partial charge in [0.1, 0.15) is 35.7 Å². The van der Waals surface area contributed by atoms with Gasteiger partial charge >= 0.3 is 11.9 Å². The number of carbonyl (C=O) groups excluding carboxylic acids is 4. The summed E-state index contributed by atoms with van der Waals surface area (Å²) in [6.07, 6.45) is -11.4. The smallest absolute Gasteiger partial charge is 0.338 e. The summed E-state index contributed by atoms with van der Waals surface area (Å²) in [6.45, 7) is 5.44. The van der Waals surface area contributed by atoms with Crippen molar-refractivity contribution < 1.29 is 146 Å². The fourth-order valence-electron chi connectivity index (χ4n) is 9.50. The fraction of sp³-hybridized carbons (Fsp3) is 0.442. The minimum Gasteiger partial charge on any atom is -0.456 e. The third-order valence-electron chi connectivity index (χ3n) is 12.9. The summed E-state index contributed by atoms with van der Waals surface area (Å²) in [4.78, 5) is 55.9. The zero-order valence-corrected chi connectivity index (χ0v) is 42.1. The second-order valence-electron chi connectivity index (χ2n) is 16.2. The molecule has 2 radical (unpaired) electrons. The Morgan fingerprint density at radius 2 is 1.43 bits per heavy atom. The number of amides is 1. The van der Waals surface area contributed by atoms with Crippen molar-refractivity contribution in [1.82, 2.24) is 5.32 Å². The van der Waals surface area contributed by atoms with E-state index >= 15 is 4.39 Å². The Balaban J connectivity index is 0.00000320. The Morgan fingerprint density at radius 3 is 1.98 bits per heavy atom. The van der Waals surface area contributed by atoms with Gasteiger partial charge in [0.15, 0.2) is 11.9 Å². The molecular weight excluding hydrogens is 1180 g/mol. The van der Waals surface area contributed by atoms with Crippen molar-refractivity contribution >= 4 is 23.6 Å². The van der Waals surface area contributed by atoms with Crippen molar-refractivity contribution in [2.45, 2.75) is 94.5 Å². The van der Waals surface area contributed by atoms with Gasteiger partial charge in [-0.1, -0.05) is 80.6 Å². The van der Waals surface area contributed by atoms with Crippen LogP contribution >= 0.6 is 0 Å². The normalized spacial score (nSPS) is 33.1. The van der Waals surface area contributed by atoms with E-state index in [1.165, 1.54) is 39.8 Å². The summed E-state index contributed by atoms with van der Waals surface area (Å²) in [5.41, 5.74) is -7.38. The van der Waals surface area contributed by atoms with Gasteiger partial charge in [0.25, 0.3) is 5.91 Å². The van der Waals surface area contributed by atoms with Crippen LogP contribution in [0.25, 0.3) is 0 Å². The molecule has 3 aliphatic carbocycles. The van der Waals surface area contributed by atoms with Gasteiger partial charge < -0.3 is 40.0 Å². The number of ketones is 1. The number of nitrogens with one attached hydrogen (secondary N) is 1. The Bertz CT molecular complexity index is 2060. The molecule has 5 N–H and O–H groups in total. The number of aliphatic hydroxyl groups excluding tert-OH is 2. The molecule has 1 saturated heterocycles. The molecule has 9 unspecified atom stereocenters. The molecule has 7 rings (SSSR count). The maximum atomic E-state index is 16.6. The number of hydrogen-bond donors (Lipinski definition) is 5. The van der Waals surface area contributed by atoms with E-state index in [2.05, 4.69) is 5.32 Å². The number of fused-ring (bicyclic) bond motifs is 5. The number of ether oxygens (including phenoxy) is 3. The SMILES string of the molecule is CC1=C2C(O)C(=O)[C@]3(C)C(F)CC4OC[C@@]4(O)C3C(OC(=O)c3ccccc3)C(O)(CC1OC(=O)C(O)C(NC(=O)c1ccccc1)c1ccccc1)C2(C)C.[Ac].[Ac]. The molecule has 4 aliphatic rings. The molecule has 0 spiro atoms. The molecule has 3 aromatic rings. The second-order valence-corrected chi connectivity index (χ2v) is 16.2. The molecule has 0 aromatic heterocycles. The van der Waals surface area contributed by atoms with Crippen molar-refractivity contribution in [2.24, 2.45) is 16.7 Å². The van der Waals surface area contributed by atoms with E-state index < -0.39 is 101 Å². The van der Waals surface area contributed by atoms with Crippen LogP contribution < -0.4 is 5.32 Å². The fourth-order valence-corrected chi connectivity index (χ4v) is 9.50. The number of rotatable bonds is 8. The van der Waals surface area contributed by atoms with Gasteiger partial charge in [-0.05, 0) is 54.8 Å². The molecule has 2 saturated carbocycles. The monoisotopic (exact) mass is 1230 g/mol. The Morgan fingerprint density at radius 1 is 0.879 bits per heavy atom. The molecule has 58 heavy (non-hydrogen) atoms. The molecule has 11 atom stereocenters. The van der Waals surface area contributed by atoms with E-state index in [4.69, 9.17) is 14.2 Å². The maximum Gasteiger partial charge on any atom is 0.338 e. The summed E-state index contributed by atoms with van der Waals surface area (Å²) >= 11 is 0. The van der Waals surface area contributed by atoms with Crippen LogP contribution in [-0.2, 0) is 23.8 Å². The van der Waals surface area contributed by atoms with E-state index in [-0.39, 0.29) is 123 Å². The van der Waals surface area contributed by atoms with Gasteiger partial charge in [-0.3, -0.25) is 9.59 Å². The molecule has 1 heterocycles. The van der Waals surface area contributed by atoms with Crippen LogP contribution in [0.1, 0.15) is 72.9 Å².